The first-order chi connectivity index (χ1) is 13.1. The van der Waals surface area contributed by atoms with Crippen LogP contribution in [0.4, 0.5) is 4.79 Å². The fourth-order valence-electron chi connectivity index (χ4n) is 2.61. The van der Waals surface area contributed by atoms with E-state index in [0.29, 0.717) is 5.75 Å². The zero-order chi connectivity index (χ0) is 19.4. The van der Waals surface area contributed by atoms with Gasteiger partial charge in [-0.2, -0.15) is 0 Å². The van der Waals surface area contributed by atoms with E-state index in [2.05, 4.69) is 16.9 Å². The molecule has 1 fully saturated rings. The van der Waals surface area contributed by atoms with E-state index in [9.17, 15) is 14.4 Å². The van der Waals surface area contributed by atoms with Gasteiger partial charge in [-0.05, 0) is 12.1 Å². The predicted octanol–water partition coefficient (Wildman–Crippen LogP) is 0.672. The van der Waals surface area contributed by atoms with E-state index in [0.717, 1.165) is 9.80 Å². The fraction of sp³-hybridized carbons (Fsp3) is 0.250. The molecule has 1 aromatic heterocycles. The lowest BCUT2D eigenvalue weighted by atomic mass is 10.1. The monoisotopic (exact) mass is 405 g/mol. The molecule has 0 aromatic carbocycles. The zero-order valence-electron chi connectivity index (χ0n) is 14.4. The topological polar surface area (TPSA) is 97.8 Å². The Kier molecular flexibility index (Phi) is 6.12. The van der Waals surface area contributed by atoms with Crippen molar-refractivity contribution in [2.24, 2.45) is 0 Å². The summed E-state index contributed by atoms with van der Waals surface area (Å²) in [4.78, 5) is 43.6. The minimum absolute atomic E-state index is 0.0499. The van der Waals surface area contributed by atoms with E-state index in [1.54, 1.807) is 12.4 Å². The molecule has 140 valence electrons. The highest BCUT2D eigenvalue weighted by Crippen LogP contribution is 2.45. The maximum absolute atomic E-state index is 12.6. The van der Waals surface area contributed by atoms with Gasteiger partial charge in [0.2, 0.25) is 0 Å². The standard InChI is InChI=1S/C16H16BN3O5S2/c1-2-7-24-16(23)19-11-13(21)20-12(15(22)25-17)10(8-26-14(11)20)27-9-3-5-18-6-4-9/h2-6,11,14H,1,7-8,17H2,(H,19,23)/t11-,14-/m1/s1. The van der Waals surface area contributed by atoms with Gasteiger partial charge >= 0.3 is 20.1 Å². The van der Waals surface area contributed by atoms with Crippen molar-refractivity contribution >= 4 is 49.5 Å². The van der Waals surface area contributed by atoms with Crippen molar-refractivity contribution in [2.75, 3.05) is 12.4 Å². The van der Waals surface area contributed by atoms with Crippen LogP contribution in [0.2, 0.25) is 0 Å². The van der Waals surface area contributed by atoms with Gasteiger partial charge in [0.25, 0.3) is 5.91 Å². The van der Waals surface area contributed by atoms with Crippen LogP contribution in [-0.2, 0) is 19.0 Å². The van der Waals surface area contributed by atoms with Crippen LogP contribution >= 0.6 is 23.5 Å². The molecule has 11 heteroatoms. The summed E-state index contributed by atoms with van der Waals surface area (Å²) in [5.74, 6) is -0.458. The van der Waals surface area contributed by atoms with Crippen molar-refractivity contribution in [2.45, 2.75) is 16.3 Å². The van der Waals surface area contributed by atoms with Crippen molar-refractivity contribution in [1.82, 2.24) is 15.2 Å². The van der Waals surface area contributed by atoms with Gasteiger partial charge in [0, 0.05) is 27.9 Å². The number of nitrogens with one attached hydrogen (secondary N) is 1. The molecule has 1 aromatic rings. The third-order valence-electron chi connectivity index (χ3n) is 3.81. The number of amides is 2. The van der Waals surface area contributed by atoms with E-state index < -0.39 is 18.1 Å². The summed E-state index contributed by atoms with van der Waals surface area (Å²) < 4.78 is 9.74. The average molecular weight is 405 g/mol. The smallest absolute Gasteiger partial charge is 0.408 e. The van der Waals surface area contributed by atoms with Crippen LogP contribution < -0.4 is 5.32 Å². The van der Waals surface area contributed by atoms with Crippen LogP contribution in [0.3, 0.4) is 0 Å². The lowest BCUT2D eigenvalue weighted by molar-refractivity contribution is -0.147. The van der Waals surface area contributed by atoms with Gasteiger partial charge in [0.1, 0.15) is 23.7 Å². The molecule has 0 radical (unpaired) electrons. The number of rotatable bonds is 6. The number of hydrogen-bond donors (Lipinski definition) is 1. The first-order valence-electron chi connectivity index (χ1n) is 7.95. The summed E-state index contributed by atoms with van der Waals surface area (Å²) in [6, 6.07) is 2.89. The molecule has 2 aliphatic rings. The zero-order valence-corrected chi connectivity index (χ0v) is 16.0. The second-order valence-corrected chi connectivity index (χ2v) is 7.74. The normalized spacial score (nSPS) is 21.0. The summed E-state index contributed by atoms with van der Waals surface area (Å²) in [5.41, 5.74) is 0.213. The summed E-state index contributed by atoms with van der Waals surface area (Å²) in [5, 5.41) is 2.15. The van der Waals surface area contributed by atoms with Gasteiger partial charge in [-0.1, -0.05) is 24.4 Å². The van der Waals surface area contributed by atoms with Crippen LogP contribution in [0.5, 0.6) is 0 Å². The molecule has 2 atom stereocenters. The maximum atomic E-state index is 12.6. The largest absolute Gasteiger partial charge is 0.539 e. The van der Waals surface area contributed by atoms with Crippen molar-refractivity contribution in [3.63, 3.8) is 0 Å². The fourth-order valence-corrected chi connectivity index (χ4v) is 5.06. The SMILES string of the molecule is BOC(=O)C1=C(Sc2ccncc2)CS[C@@H]2[C@H](NC(=O)OCC=C)C(=O)N12. The average Bonchev–Trinajstić information content (AvgIpc) is 2.70. The Morgan fingerprint density at radius 3 is 2.89 bits per heavy atom. The summed E-state index contributed by atoms with van der Waals surface area (Å²) in [6.45, 7) is 3.51. The molecular formula is C16H16BN3O5S2. The Labute approximate surface area is 165 Å². The molecule has 0 bridgehead atoms. The molecule has 27 heavy (non-hydrogen) atoms. The summed E-state index contributed by atoms with van der Waals surface area (Å²) in [6.07, 6.45) is 4.05. The number of nitrogens with zero attached hydrogens (tertiary/aromatic N) is 2. The maximum Gasteiger partial charge on any atom is 0.408 e. The Hall–Kier alpha value is -2.40. The van der Waals surface area contributed by atoms with E-state index in [4.69, 9.17) is 9.39 Å². The number of hydrogen-bond acceptors (Lipinski definition) is 8. The van der Waals surface area contributed by atoms with Crippen molar-refractivity contribution in [1.29, 1.82) is 0 Å². The number of thioether (sulfide) groups is 2. The van der Waals surface area contributed by atoms with Crippen LogP contribution in [0.1, 0.15) is 0 Å². The van der Waals surface area contributed by atoms with Gasteiger partial charge < -0.3 is 14.7 Å². The van der Waals surface area contributed by atoms with Gasteiger partial charge in [-0.25, -0.2) is 9.59 Å². The van der Waals surface area contributed by atoms with Crippen LogP contribution in [-0.4, -0.2) is 59.7 Å². The third-order valence-corrected chi connectivity index (χ3v) is 6.36. The van der Waals surface area contributed by atoms with Crippen LogP contribution in [0.25, 0.3) is 0 Å². The van der Waals surface area contributed by atoms with Gasteiger partial charge in [0.05, 0.1) is 0 Å². The number of ether oxygens (including phenoxy) is 1. The Bertz CT molecular complexity index is 805. The molecule has 0 aliphatic carbocycles. The van der Waals surface area contributed by atoms with E-state index in [1.165, 1.54) is 42.5 Å². The lowest BCUT2D eigenvalue weighted by Gasteiger charge is -2.49. The van der Waals surface area contributed by atoms with Gasteiger partial charge in [-0.3, -0.25) is 14.7 Å². The molecule has 0 spiro atoms. The second-order valence-electron chi connectivity index (χ2n) is 5.47. The quantitative estimate of drug-likeness (QED) is 0.419. The molecule has 0 saturated carbocycles. The number of β-lactam (4-membered cyclic amide) rings is 1. The number of pyridine rings is 1. The minimum atomic E-state index is -0.751. The Balaban J connectivity index is 1.80. The molecule has 2 aliphatic heterocycles. The van der Waals surface area contributed by atoms with E-state index >= 15 is 0 Å². The first-order valence-corrected chi connectivity index (χ1v) is 9.81. The third kappa shape index (κ3) is 3.98. The highest BCUT2D eigenvalue weighted by Gasteiger charge is 2.54. The molecule has 1 saturated heterocycles. The Morgan fingerprint density at radius 2 is 2.22 bits per heavy atom. The molecule has 2 amide bonds. The second kappa shape index (κ2) is 8.53. The molecule has 1 N–H and O–H groups in total. The van der Waals surface area contributed by atoms with Gasteiger partial charge in [0.15, 0.2) is 0 Å². The van der Waals surface area contributed by atoms with Crippen LogP contribution in [0, 0.1) is 0 Å². The molecule has 3 heterocycles. The molecule has 0 unspecified atom stereocenters. The Morgan fingerprint density at radius 1 is 1.48 bits per heavy atom. The van der Waals surface area contributed by atoms with Crippen molar-refractivity contribution in [3.8, 4) is 0 Å². The number of carbonyl (C=O) groups is 3. The van der Waals surface area contributed by atoms with Gasteiger partial charge in [-0.15, -0.1) is 11.8 Å². The van der Waals surface area contributed by atoms with E-state index in [-0.39, 0.29) is 23.6 Å². The summed E-state index contributed by atoms with van der Waals surface area (Å²) >= 11 is 2.85. The molecular weight excluding hydrogens is 389 g/mol. The number of fused-ring (bicyclic) bond motifs is 1. The predicted molar refractivity (Wildman–Crippen MR) is 103 cm³/mol. The summed E-state index contributed by atoms with van der Waals surface area (Å²) in [7, 11) is 1.27. The number of alkyl carbamates (subject to hydrolysis) is 1. The highest BCUT2D eigenvalue weighted by molar-refractivity contribution is 8.06. The van der Waals surface area contributed by atoms with Crippen molar-refractivity contribution < 1.29 is 23.8 Å². The number of carbonyl (C=O) groups excluding carboxylic acids is 3. The minimum Gasteiger partial charge on any atom is -0.539 e. The van der Waals surface area contributed by atoms with Crippen LogP contribution in [0.15, 0.2) is 52.7 Å². The molecule has 3 rings (SSSR count). The van der Waals surface area contributed by atoms with E-state index in [1.807, 2.05) is 12.1 Å². The lowest BCUT2D eigenvalue weighted by Crippen LogP contribution is -2.70. The highest BCUT2D eigenvalue weighted by atomic mass is 32.2. The van der Waals surface area contributed by atoms with Crippen molar-refractivity contribution in [3.05, 3.63) is 47.8 Å². The number of aromatic nitrogens is 1. The molecule has 8 nitrogen and oxygen atoms in total. The first kappa shape index (κ1) is 19.4.